The van der Waals surface area contributed by atoms with Crippen LogP contribution in [0.5, 0.6) is 5.75 Å². The van der Waals surface area contributed by atoms with Crippen LogP contribution in [0.3, 0.4) is 0 Å². The Morgan fingerprint density at radius 2 is 1.73 bits per heavy atom. The summed E-state index contributed by atoms with van der Waals surface area (Å²) in [6.45, 7) is 13.8. The molecule has 0 saturated carbocycles. The van der Waals surface area contributed by atoms with Gasteiger partial charge in [-0.2, -0.15) is 0 Å². The van der Waals surface area contributed by atoms with E-state index in [1.807, 2.05) is 25.1 Å². The first kappa shape index (κ1) is 28.5. The van der Waals surface area contributed by atoms with Crippen LogP contribution in [0.25, 0.3) is 33.7 Å². The number of nitrogens with one attached hydrogen (secondary N) is 1. The summed E-state index contributed by atoms with van der Waals surface area (Å²) in [5.74, 6) is 2.72. The molecule has 3 aromatic heterocycles. The van der Waals surface area contributed by atoms with Crippen LogP contribution in [-0.4, -0.2) is 31.5 Å². The van der Waals surface area contributed by atoms with Crippen molar-refractivity contribution in [3.8, 4) is 28.4 Å². The summed E-state index contributed by atoms with van der Waals surface area (Å²) in [4.78, 5) is 21.5. The van der Waals surface area contributed by atoms with Crippen molar-refractivity contribution in [3.05, 3.63) is 89.1 Å². The maximum atomic E-state index is 5.83. The fraction of sp³-hybridized carbons (Fsp3) is 0.371. The third-order valence-electron chi connectivity index (χ3n) is 7.72. The maximum absolute atomic E-state index is 5.83. The highest BCUT2D eigenvalue weighted by Crippen LogP contribution is 2.35. The van der Waals surface area contributed by atoms with Crippen LogP contribution in [0.15, 0.2) is 60.8 Å². The Hall–Kier alpha value is -4.06. The Bertz CT molecular complexity index is 1640. The number of ether oxygens (including phenoxy) is 1. The Balaban J connectivity index is 0.000000166. The summed E-state index contributed by atoms with van der Waals surface area (Å²) >= 11 is 0. The zero-order valence-electron chi connectivity index (χ0n) is 25.2. The van der Waals surface area contributed by atoms with Gasteiger partial charge in [0.15, 0.2) is 5.82 Å². The third kappa shape index (κ3) is 6.64. The summed E-state index contributed by atoms with van der Waals surface area (Å²) in [6, 6.07) is 18.7. The van der Waals surface area contributed by atoms with Gasteiger partial charge in [-0.25, -0.2) is 15.0 Å². The standard InChI is InChI=1S/C19H22N2O.C16H19N3/c1-4-10-22-19-9-7-15(11-14(19)5-2)16-6-8-17-18(12-16)21-13(3)20-17;1-11-12-10-16(2,3)8-7-13(12)19-15(18-11)14-6-4-5-9-17-14/h6-9,11-12H,4-5,10H2,1-3H3,(H,20,21);4-6,9H,7-8,10H2,1-3H3. The summed E-state index contributed by atoms with van der Waals surface area (Å²) in [6.07, 6.45) is 7.11. The normalized spacial score (nSPS) is 13.8. The number of pyridine rings is 1. The lowest BCUT2D eigenvalue weighted by Gasteiger charge is -2.31. The van der Waals surface area contributed by atoms with Crippen molar-refractivity contribution in [2.75, 3.05) is 6.61 Å². The molecular formula is C35H41N5O. The molecule has 5 aromatic rings. The monoisotopic (exact) mass is 547 g/mol. The molecule has 0 saturated heterocycles. The topological polar surface area (TPSA) is 76.6 Å². The molecular weight excluding hydrogens is 506 g/mol. The fourth-order valence-corrected chi connectivity index (χ4v) is 5.43. The average Bonchev–Trinajstić information content (AvgIpc) is 3.36. The number of rotatable bonds is 6. The summed E-state index contributed by atoms with van der Waals surface area (Å²) in [5.41, 5.74) is 10.7. The van der Waals surface area contributed by atoms with Crippen LogP contribution in [0.1, 0.15) is 68.9 Å². The van der Waals surface area contributed by atoms with E-state index in [1.54, 1.807) is 6.20 Å². The van der Waals surface area contributed by atoms with Crippen LogP contribution in [0.2, 0.25) is 0 Å². The first-order valence-electron chi connectivity index (χ1n) is 14.8. The molecule has 0 aliphatic heterocycles. The number of imidazole rings is 1. The van der Waals surface area contributed by atoms with Gasteiger partial charge in [0, 0.05) is 17.6 Å². The Kier molecular flexibility index (Phi) is 8.48. The molecule has 6 nitrogen and oxygen atoms in total. The van der Waals surface area contributed by atoms with Gasteiger partial charge < -0.3 is 9.72 Å². The number of benzene rings is 2. The molecule has 0 atom stereocenters. The van der Waals surface area contributed by atoms with E-state index in [2.05, 4.69) is 91.0 Å². The molecule has 6 rings (SSSR count). The zero-order chi connectivity index (χ0) is 29.0. The van der Waals surface area contributed by atoms with Crippen molar-refractivity contribution in [2.24, 2.45) is 5.41 Å². The molecule has 0 unspecified atom stereocenters. The maximum Gasteiger partial charge on any atom is 0.178 e. The van der Waals surface area contributed by atoms with Crippen LogP contribution < -0.4 is 4.74 Å². The van der Waals surface area contributed by atoms with Gasteiger partial charge in [0.05, 0.1) is 17.6 Å². The molecule has 2 aromatic carbocycles. The highest BCUT2D eigenvalue weighted by Gasteiger charge is 2.28. The molecule has 0 bridgehead atoms. The molecule has 1 N–H and O–H groups in total. The number of aromatic amines is 1. The molecule has 6 heteroatoms. The minimum absolute atomic E-state index is 0.369. The fourth-order valence-electron chi connectivity index (χ4n) is 5.43. The number of aryl methyl sites for hydroxylation is 4. The Morgan fingerprint density at radius 3 is 2.49 bits per heavy atom. The smallest absolute Gasteiger partial charge is 0.178 e. The lowest BCUT2D eigenvalue weighted by molar-refractivity contribution is 0.310. The number of fused-ring (bicyclic) bond motifs is 2. The molecule has 1 aliphatic carbocycles. The third-order valence-corrected chi connectivity index (χ3v) is 7.72. The number of nitrogens with zero attached hydrogens (tertiary/aromatic N) is 4. The van der Waals surface area contributed by atoms with Gasteiger partial charge in [-0.3, -0.25) is 4.98 Å². The number of hydrogen-bond acceptors (Lipinski definition) is 5. The van der Waals surface area contributed by atoms with Gasteiger partial charge in [-0.15, -0.1) is 0 Å². The van der Waals surface area contributed by atoms with Gasteiger partial charge in [0.2, 0.25) is 0 Å². The first-order valence-corrected chi connectivity index (χ1v) is 14.8. The Labute approximate surface area is 243 Å². The van der Waals surface area contributed by atoms with Crippen molar-refractivity contribution in [1.29, 1.82) is 0 Å². The van der Waals surface area contributed by atoms with Crippen molar-refractivity contribution in [2.45, 2.75) is 73.6 Å². The number of H-pyrrole nitrogens is 1. The molecule has 3 heterocycles. The van der Waals surface area contributed by atoms with E-state index in [1.165, 1.54) is 34.4 Å². The molecule has 0 fully saturated rings. The molecule has 41 heavy (non-hydrogen) atoms. The van der Waals surface area contributed by atoms with E-state index in [-0.39, 0.29) is 0 Å². The average molecular weight is 548 g/mol. The van der Waals surface area contributed by atoms with Crippen LogP contribution in [-0.2, 0) is 19.3 Å². The second kappa shape index (κ2) is 12.2. The molecule has 1 aliphatic rings. The summed E-state index contributed by atoms with van der Waals surface area (Å²) in [7, 11) is 0. The zero-order valence-corrected chi connectivity index (χ0v) is 25.2. The predicted molar refractivity (Wildman–Crippen MR) is 167 cm³/mol. The number of aromatic nitrogens is 5. The summed E-state index contributed by atoms with van der Waals surface area (Å²) in [5, 5.41) is 0. The van der Waals surface area contributed by atoms with Crippen molar-refractivity contribution in [3.63, 3.8) is 0 Å². The van der Waals surface area contributed by atoms with Gasteiger partial charge in [-0.05, 0) is 110 Å². The van der Waals surface area contributed by atoms with E-state index < -0.39 is 0 Å². The van der Waals surface area contributed by atoms with Gasteiger partial charge >= 0.3 is 0 Å². The number of hydrogen-bond donors (Lipinski definition) is 1. The van der Waals surface area contributed by atoms with Gasteiger partial charge in [-0.1, -0.05) is 45.9 Å². The summed E-state index contributed by atoms with van der Waals surface area (Å²) < 4.78 is 5.83. The quantitative estimate of drug-likeness (QED) is 0.232. The van der Waals surface area contributed by atoms with Crippen LogP contribution in [0, 0.1) is 19.3 Å². The van der Waals surface area contributed by atoms with Crippen LogP contribution >= 0.6 is 0 Å². The minimum atomic E-state index is 0.369. The molecule has 0 spiro atoms. The van der Waals surface area contributed by atoms with Gasteiger partial charge in [0.25, 0.3) is 0 Å². The molecule has 0 amide bonds. The predicted octanol–water partition coefficient (Wildman–Crippen LogP) is 8.25. The lowest BCUT2D eigenvalue weighted by atomic mass is 9.75. The van der Waals surface area contributed by atoms with Crippen molar-refractivity contribution < 1.29 is 4.74 Å². The SMILES string of the molecule is CCCOc1ccc(-c2ccc3nc(C)[nH]c3c2)cc1CC.Cc1nc(-c2ccccn2)nc2c1CC(C)(C)CC2. The van der Waals surface area contributed by atoms with E-state index in [4.69, 9.17) is 9.72 Å². The molecule has 212 valence electrons. The lowest BCUT2D eigenvalue weighted by Crippen LogP contribution is -2.24. The van der Waals surface area contributed by atoms with Gasteiger partial charge in [0.1, 0.15) is 17.3 Å². The second-order valence-corrected chi connectivity index (χ2v) is 11.7. The van der Waals surface area contributed by atoms with E-state index in [0.29, 0.717) is 5.41 Å². The minimum Gasteiger partial charge on any atom is -0.493 e. The van der Waals surface area contributed by atoms with E-state index in [9.17, 15) is 0 Å². The van der Waals surface area contributed by atoms with E-state index in [0.717, 1.165) is 72.1 Å². The first-order chi connectivity index (χ1) is 19.8. The highest BCUT2D eigenvalue weighted by atomic mass is 16.5. The van der Waals surface area contributed by atoms with E-state index >= 15 is 0 Å². The van der Waals surface area contributed by atoms with Crippen LogP contribution in [0.4, 0.5) is 0 Å². The van der Waals surface area contributed by atoms with Crippen molar-refractivity contribution in [1.82, 2.24) is 24.9 Å². The highest BCUT2D eigenvalue weighted by molar-refractivity contribution is 5.82. The molecule has 0 radical (unpaired) electrons. The van der Waals surface area contributed by atoms with Crippen molar-refractivity contribution >= 4 is 11.0 Å². The largest absolute Gasteiger partial charge is 0.493 e. The second-order valence-electron chi connectivity index (χ2n) is 11.7. The Morgan fingerprint density at radius 1 is 0.927 bits per heavy atom.